The molecule has 4 heteroatoms. The first-order chi connectivity index (χ1) is 7.52. The molecule has 2 atom stereocenters. The molecule has 0 fully saturated rings. The minimum absolute atomic E-state index is 0.0277. The van der Waals surface area contributed by atoms with Crippen molar-refractivity contribution in [3.8, 4) is 0 Å². The molecule has 0 radical (unpaired) electrons. The van der Waals surface area contributed by atoms with Crippen LogP contribution in [-0.4, -0.2) is 16.9 Å². The van der Waals surface area contributed by atoms with Gasteiger partial charge in [-0.05, 0) is 25.5 Å². The summed E-state index contributed by atoms with van der Waals surface area (Å²) in [5.74, 6) is -0.205. The lowest BCUT2D eigenvalue weighted by molar-refractivity contribution is -0.125. The fourth-order valence-electron chi connectivity index (χ4n) is 1.27. The fraction of sp³-hybridized carbons (Fsp3) is 0.500. The highest BCUT2D eigenvalue weighted by molar-refractivity contribution is 5.78. The van der Waals surface area contributed by atoms with Crippen LogP contribution in [0.3, 0.4) is 0 Å². The molecule has 0 aromatic carbocycles. The van der Waals surface area contributed by atoms with Gasteiger partial charge in [-0.15, -0.1) is 0 Å². The van der Waals surface area contributed by atoms with Gasteiger partial charge >= 0.3 is 0 Å². The summed E-state index contributed by atoms with van der Waals surface area (Å²) in [6, 6.07) is 3.72. The second-order valence-corrected chi connectivity index (χ2v) is 4.13. The molecule has 4 nitrogen and oxygen atoms in total. The first-order valence-electron chi connectivity index (χ1n) is 5.46. The van der Waals surface area contributed by atoms with Gasteiger partial charge in [0, 0.05) is 18.2 Å². The van der Waals surface area contributed by atoms with Gasteiger partial charge in [-0.2, -0.15) is 0 Å². The Kier molecular flexibility index (Phi) is 4.43. The molecule has 0 spiro atoms. The van der Waals surface area contributed by atoms with Crippen LogP contribution in [0.15, 0.2) is 18.3 Å². The Bertz CT molecular complexity index is 363. The predicted octanol–water partition coefficient (Wildman–Crippen LogP) is 0.990. The lowest BCUT2D eigenvalue weighted by Gasteiger charge is -2.15. The zero-order valence-electron chi connectivity index (χ0n) is 10.0. The fourth-order valence-corrected chi connectivity index (χ4v) is 1.27. The first-order valence-corrected chi connectivity index (χ1v) is 5.46. The molecule has 1 heterocycles. The van der Waals surface area contributed by atoms with E-state index < -0.39 is 0 Å². The van der Waals surface area contributed by atoms with E-state index in [1.165, 1.54) is 0 Å². The summed E-state index contributed by atoms with van der Waals surface area (Å²) in [5, 5.41) is 2.84. The topological polar surface area (TPSA) is 68.0 Å². The first kappa shape index (κ1) is 12.6. The van der Waals surface area contributed by atoms with Gasteiger partial charge in [-0.3, -0.25) is 9.78 Å². The third-order valence-corrected chi connectivity index (χ3v) is 2.75. The van der Waals surface area contributed by atoms with E-state index in [-0.39, 0.29) is 17.9 Å². The van der Waals surface area contributed by atoms with Crippen molar-refractivity contribution in [2.75, 3.05) is 0 Å². The van der Waals surface area contributed by atoms with Crippen LogP contribution in [0, 0.1) is 12.8 Å². The van der Waals surface area contributed by atoms with Crippen LogP contribution < -0.4 is 11.1 Å². The van der Waals surface area contributed by atoms with Gasteiger partial charge in [-0.25, -0.2) is 0 Å². The Morgan fingerprint density at radius 3 is 2.81 bits per heavy atom. The summed E-state index contributed by atoms with van der Waals surface area (Å²) in [5.41, 5.74) is 7.64. The number of hydrogen-bond acceptors (Lipinski definition) is 3. The van der Waals surface area contributed by atoms with Crippen LogP contribution in [0.2, 0.25) is 0 Å². The number of nitrogens with two attached hydrogens (primary N) is 1. The smallest absolute Gasteiger partial charge is 0.224 e. The number of carbonyl (C=O) groups is 1. The quantitative estimate of drug-likeness (QED) is 0.796. The summed E-state index contributed by atoms with van der Waals surface area (Å²) in [4.78, 5) is 15.9. The lowest BCUT2D eigenvalue weighted by atomic mass is 10.0. The van der Waals surface area contributed by atoms with Gasteiger partial charge in [0.25, 0.3) is 0 Å². The van der Waals surface area contributed by atoms with Crippen LogP contribution in [0.4, 0.5) is 0 Å². The standard InChI is InChI=1S/C12H19N3O/c1-8-5-4-6-14-11(8)7-15-12(16)9(2)10(3)13/h4-6,9-10H,7,13H2,1-3H3,(H,15,16). The minimum Gasteiger partial charge on any atom is -0.350 e. The Morgan fingerprint density at radius 2 is 2.25 bits per heavy atom. The van der Waals surface area contributed by atoms with Crippen molar-refractivity contribution in [1.29, 1.82) is 0 Å². The van der Waals surface area contributed by atoms with Crippen molar-refractivity contribution >= 4 is 5.91 Å². The van der Waals surface area contributed by atoms with Crippen molar-refractivity contribution in [3.63, 3.8) is 0 Å². The van der Waals surface area contributed by atoms with E-state index in [1.54, 1.807) is 6.20 Å². The number of aryl methyl sites for hydroxylation is 1. The number of carbonyl (C=O) groups excluding carboxylic acids is 1. The van der Waals surface area contributed by atoms with Gasteiger partial charge < -0.3 is 11.1 Å². The van der Waals surface area contributed by atoms with Crippen LogP contribution in [0.5, 0.6) is 0 Å². The van der Waals surface area contributed by atoms with Crippen LogP contribution in [-0.2, 0) is 11.3 Å². The Labute approximate surface area is 96.3 Å². The number of rotatable bonds is 4. The maximum atomic E-state index is 11.7. The predicted molar refractivity (Wildman–Crippen MR) is 63.6 cm³/mol. The highest BCUT2D eigenvalue weighted by Gasteiger charge is 2.16. The third kappa shape index (κ3) is 3.31. The van der Waals surface area contributed by atoms with E-state index in [9.17, 15) is 4.79 Å². The van der Waals surface area contributed by atoms with Crippen molar-refractivity contribution in [2.24, 2.45) is 11.7 Å². The average Bonchev–Trinajstić information content (AvgIpc) is 2.26. The summed E-state index contributed by atoms with van der Waals surface area (Å²) in [6.07, 6.45) is 1.73. The summed E-state index contributed by atoms with van der Waals surface area (Å²) < 4.78 is 0. The van der Waals surface area contributed by atoms with E-state index in [4.69, 9.17) is 5.73 Å². The van der Waals surface area contributed by atoms with Crippen molar-refractivity contribution in [2.45, 2.75) is 33.4 Å². The molecule has 88 valence electrons. The molecule has 0 aliphatic carbocycles. The third-order valence-electron chi connectivity index (χ3n) is 2.75. The van der Waals surface area contributed by atoms with Gasteiger partial charge in [-0.1, -0.05) is 13.0 Å². The molecule has 1 amide bonds. The maximum Gasteiger partial charge on any atom is 0.224 e. The number of amides is 1. The largest absolute Gasteiger partial charge is 0.350 e. The van der Waals surface area contributed by atoms with E-state index in [1.807, 2.05) is 32.9 Å². The Morgan fingerprint density at radius 1 is 1.56 bits per heavy atom. The van der Waals surface area contributed by atoms with Gasteiger partial charge in [0.15, 0.2) is 0 Å². The molecule has 0 aliphatic rings. The number of nitrogens with one attached hydrogen (secondary N) is 1. The van der Waals surface area contributed by atoms with Gasteiger partial charge in [0.1, 0.15) is 0 Å². The number of nitrogens with zero attached hydrogens (tertiary/aromatic N) is 1. The van der Waals surface area contributed by atoms with E-state index in [0.29, 0.717) is 6.54 Å². The summed E-state index contributed by atoms with van der Waals surface area (Å²) in [7, 11) is 0. The molecule has 2 unspecified atom stereocenters. The number of aromatic nitrogens is 1. The van der Waals surface area contributed by atoms with Crippen LogP contribution in [0.25, 0.3) is 0 Å². The summed E-state index contributed by atoms with van der Waals surface area (Å²) >= 11 is 0. The molecule has 1 rings (SSSR count). The molecule has 0 saturated heterocycles. The molecule has 0 saturated carbocycles. The molecule has 1 aromatic heterocycles. The highest BCUT2D eigenvalue weighted by atomic mass is 16.1. The van der Waals surface area contributed by atoms with Crippen molar-refractivity contribution < 1.29 is 4.79 Å². The average molecular weight is 221 g/mol. The highest BCUT2D eigenvalue weighted by Crippen LogP contribution is 2.04. The zero-order chi connectivity index (χ0) is 12.1. The molecular formula is C12H19N3O. The monoisotopic (exact) mass is 221 g/mol. The van der Waals surface area contributed by atoms with Gasteiger partial charge in [0.2, 0.25) is 5.91 Å². The lowest BCUT2D eigenvalue weighted by Crippen LogP contribution is -2.38. The molecule has 3 N–H and O–H groups in total. The normalized spacial score (nSPS) is 14.2. The molecular weight excluding hydrogens is 202 g/mol. The van der Waals surface area contributed by atoms with Crippen molar-refractivity contribution in [3.05, 3.63) is 29.6 Å². The molecule has 0 aliphatic heterocycles. The second kappa shape index (κ2) is 5.61. The van der Waals surface area contributed by atoms with Crippen LogP contribution >= 0.6 is 0 Å². The summed E-state index contributed by atoms with van der Waals surface area (Å²) in [6.45, 7) is 6.09. The van der Waals surface area contributed by atoms with E-state index >= 15 is 0 Å². The zero-order valence-corrected chi connectivity index (χ0v) is 10.0. The maximum absolute atomic E-state index is 11.7. The van der Waals surface area contributed by atoms with Crippen LogP contribution in [0.1, 0.15) is 25.1 Å². The molecule has 1 aromatic rings. The van der Waals surface area contributed by atoms with E-state index in [2.05, 4.69) is 10.3 Å². The number of pyridine rings is 1. The number of hydrogen-bond donors (Lipinski definition) is 2. The molecule has 0 bridgehead atoms. The SMILES string of the molecule is Cc1cccnc1CNC(=O)C(C)C(C)N. The van der Waals surface area contributed by atoms with Crippen molar-refractivity contribution in [1.82, 2.24) is 10.3 Å². The minimum atomic E-state index is -0.177. The van der Waals surface area contributed by atoms with Gasteiger partial charge in [0.05, 0.1) is 12.2 Å². The Hall–Kier alpha value is -1.42. The Balaban J connectivity index is 2.52. The molecule has 16 heavy (non-hydrogen) atoms. The second-order valence-electron chi connectivity index (χ2n) is 4.13. The van der Waals surface area contributed by atoms with E-state index in [0.717, 1.165) is 11.3 Å².